The van der Waals surface area contributed by atoms with E-state index in [0.29, 0.717) is 38.1 Å². The Bertz CT molecular complexity index is 856. The SMILES string of the molecule is COC[C@H]1C[C@@H]1C(=O)Nc1cc([C@H]2CC[C@@H](OC(=O)NC34CC(C(F)F)(C3)C4)C2)[nH]n1. The molecule has 3 N–H and O–H groups in total. The Morgan fingerprint density at radius 3 is 2.77 bits per heavy atom. The Labute approximate surface area is 178 Å². The van der Waals surface area contributed by atoms with Crippen molar-refractivity contribution in [2.45, 2.75) is 68.9 Å². The number of halogens is 2. The highest BCUT2D eigenvalue weighted by Crippen LogP contribution is 2.69. The number of ether oxygens (including phenoxy) is 2. The van der Waals surface area contributed by atoms with Gasteiger partial charge in [-0.2, -0.15) is 5.10 Å². The first-order valence-electron chi connectivity index (χ1n) is 10.9. The summed E-state index contributed by atoms with van der Waals surface area (Å²) in [6.07, 6.45) is 1.05. The van der Waals surface area contributed by atoms with Gasteiger partial charge in [-0.1, -0.05) is 0 Å². The number of amides is 2. The normalized spacial score (nSPS) is 37.7. The van der Waals surface area contributed by atoms with Crippen molar-refractivity contribution in [3.63, 3.8) is 0 Å². The summed E-state index contributed by atoms with van der Waals surface area (Å²) in [4.78, 5) is 24.5. The fraction of sp³-hybridized carbons (Fsp3) is 0.762. The predicted octanol–water partition coefficient (Wildman–Crippen LogP) is 3.18. The average Bonchev–Trinajstić information content (AvgIpc) is 3.05. The maximum atomic E-state index is 12.9. The molecule has 1 aromatic rings. The molecule has 1 aromatic heterocycles. The van der Waals surface area contributed by atoms with E-state index in [9.17, 15) is 18.4 Å². The van der Waals surface area contributed by atoms with Crippen LogP contribution in [-0.4, -0.2) is 54.0 Å². The van der Waals surface area contributed by atoms with Gasteiger partial charge in [-0.05, 0) is 50.9 Å². The van der Waals surface area contributed by atoms with Crippen LogP contribution >= 0.6 is 0 Å². The monoisotopic (exact) mass is 438 g/mol. The van der Waals surface area contributed by atoms with Crippen molar-refractivity contribution in [2.75, 3.05) is 19.0 Å². The second-order valence-electron chi connectivity index (χ2n) is 9.89. The molecule has 0 spiro atoms. The van der Waals surface area contributed by atoms with Crippen molar-refractivity contribution in [2.24, 2.45) is 17.3 Å². The van der Waals surface area contributed by atoms with Crippen LogP contribution in [0, 0.1) is 17.3 Å². The largest absolute Gasteiger partial charge is 0.446 e. The Morgan fingerprint density at radius 2 is 2.06 bits per heavy atom. The number of carbonyl (C=O) groups excluding carboxylic acids is 2. The summed E-state index contributed by atoms with van der Waals surface area (Å²) < 4.78 is 36.5. The summed E-state index contributed by atoms with van der Waals surface area (Å²) in [5, 5.41) is 12.8. The Kier molecular flexibility index (Phi) is 4.95. The van der Waals surface area contributed by atoms with Crippen LogP contribution in [0.5, 0.6) is 0 Å². The molecule has 4 atom stereocenters. The summed E-state index contributed by atoms with van der Waals surface area (Å²) >= 11 is 0. The van der Waals surface area contributed by atoms with E-state index in [4.69, 9.17) is 9.47 Å². The number of hydrogen-bond acceptors (Lipinski definition) is 5. The number of aromatic amines is 1. The summed E-state index contributed by atoms with van der Waals surface area (Å²) in [7, 11) is 1.63. The lowest BCUT2D eigenvalue weighted by molar-refractivity contribution is -0.225. The van der Waals surface area contributed by atoms with Crippen LogP contribution in [0.2, 0.25) is 0 Å². The van der Waals surface area contributed by atoms with Crippen LogP contribution in [0.4, 0.5) is 19.4 Å². The van der Waals surface area contributed by atoms with Crippen molar-refractivity contribution >= 4 is 17.8 Å². The number of hydrogen-bond donors (Lipinski definition) is 3. The number of alkyl halides is 2. The molecule has 5 fully saturated rings. The zero-order valence-electron chi connectivity index (χ0n) is 17.5. The quantitative estimate of drug-likeness (QED) is 0.578. The van der Waals surface area contributed by atoms with Crippen molar-refractivity contribution in [3.8, 4) is 0 Å². The van der Waals surface area contributed by atoms with Gasteiger partial charge in [0.05, 0.1) is 0 Å². The second kappa shape index (κ2) is 7.43. The van der Waals surface area contributed by atoms with E-state index >= 15 is 0 Å². The van der Waals surface area contributed by atoms with E-state index in [1.165, 1.54) is 0 Å². The summed E-state index contributed by atoms with van der Waals surface area (Å²) in [6.45, 7) is 0.592. The van der Waals surface area contributed by atoms with Gasteiger partial charge in [0.25, 0.3) is 0 Å². The number of carbonyl (C=O) groups is 2. The molecule has 0 unspecified atom stereocenters. The molecule has 8 nitrogen and oxygen atoms in total. The first-order chi connectivity index (χ1) is 14.8. The highest BCUT2D eigenvalue weighted by Gasteiger charge is 2.72. The van der Waals surface area contributed by atoms with Gasteiger partial charge in [0.1, 0.15) is 6.10 Å². The minimum Gasteiger partial charge on any atom is -0.446 e. The van der Waals surface area contributed by atoms with Crippen molar-refractivity contribution < 1.29 is 27.8 Å². The lowest BCUT2D eigenvalue weighted by atomic mass is 9.39. The van der Waals surface area contributed by atoms with E-state index in [1.54, 1.807) is 7.11 Å². The minimum atomic E-state index is -2.32. The number of rotatable bonds is 8. The molecule has 170 valence electrons. The molecule has 0 aliphatic heterocycles. The number of methoxy groups -OCH3 is 1. The molecular formula is C21H28F2N4O4. The molecule has 1 heterocycles. The van der Waals surface area contributed by atoms with Crippen LogP contribution in [0.3, 0.4) is 0 Å². The summed E-state index contributed by atoms with van der Waals surface area (Å²) in [6, 6.07) is 1.84. The van der Waals surface area contributed by atoms with Gasteiger partial charge in [0, 0.05) is 48.3 Å². The standard InChI is InChI=1S/C21H28F2N4O4/c1-30-7-12-5-14(12)17(28)24-16-6-15(26-27-16)11-2-3-13(4-11)31-19(29)25-21-8-20(9-21,10-21)18(22)23/h6,11-14,18H,2-5,7-10H2,1H3,(H,25,29)(H2,24,26,27,28)/t11-,12+,13+,14-,20?,21?/m0/s1. The molecule has 6 rings (SSSR count). The molecule has 5 saturated carbocycles. The third-order valence-electron chi connectivity index (χ3n) is 7.49. The number of anilines is 1. The third-order valence-corrected chi connectivity index (χ3v) is 7.49. The number of alkyl carbamates (subject to hydrolysis) is 1. The first-order valence-corrected chi connectivity index (χ1v) is 10.9. The topological polar surface area (TPSA) is 105 Å². The molecule has 2 amide bonds. The Hall–Kier alpha value is -2.23. The second-order valence-corrected chi connectivity index (χ2v) is 9.89. The Morgan fingerprint density at radius 1 is 1.29 bits per heavy atom. The van der Waals surface area contributed by atoms with E-state index in [2.05, 4.69) is 20.8 Å². The molecule has 5 aliphatic rings. The zero-order chi connectivity index (χ0) is 21.8. The zero-order valence-corrected chi connectivity index (χ0v) is 17.5. The van der Waals surface area contributed by atoms with Gasteiger partial charge in [0.2, 0.25) is 12.3 Å². The van der Waals surface area contributed by atoms with Gasteiger partial charge in [-0.25, -0.2) is 13.6 Å². The van der Waals surface area contributed by atoms with Crippen molar-refractivity contribution in [1.29, 1.82) is 0 Å². The molecule has 10 heteroatoms. The molecular weight excluding hydrogens is 410 g/mol. The maximum Gasteiger partial charge on any atom is 0.407 e. The van der Waals surface area contributed by atoms with Gasteiger partial charge < -0.3 is 20.1 Å². The average molecular weight is 438 g/mol. The first kappa shape index (κ1) is 20.7. The van der Waals surface area contributed by atoms with Crippen molar-refractivity contribution in [3.05, 3.63) is 11.8 Å². The number of nitrogens with one attached hydrogen (secondary N) is 3. The van der Waals surface area contributed by atoms with Gasteiger partial charge >= 0.3 is 6.09 Å². The smallest absolute Gasteiger partial charge is 0.407 e. The molecule has 0 saturated heterocycles. The molecule has 0 aromatic carbocycles. The number of H-pyrrole nitrogens is 1. The van der Waals surface area contributed by atoms with Crippen LogP contribution in [0.1, 0.15) is 56.6 Å². The molecule has 31 heavy (non-hydrogen) atoms. The van der Waals surface area contributed by atoms with Gasteiger partial charge in [-0.3, -0.25) is 9.89 Å². The highest BCUT2D eigenvalue weighted by molar-refractivity contribution is 5.93. The summed E-state index contributed by atoms with van der Waals surface area (Å²) in [5.74, 6) is 0.900. The Balaban J connectivity index is 1.06. The third kappa shape index (κ3) is 3.79. The van der Waals surface area contributed by atoms with Crippen LogP contribution < -0.4 is 10.6 Å². The summed E-state index contributed by atoms with van der Waals surface area (Å²) in [5.41, 5.74) is -0.445. The predicted molar refractivity (Wildman–Crippen MR) is 106 cm³/mol. The fourth-order valence-corrected chi connectivity index (χ4v) is 5.75. The lowest BCUT2D eigenvalue weighted by Gasteiger charge is -2.69. The van der Waals surface area contributed by atoms with E-state index in [1.807, 2.05) is 6.07 Å². The number of nitrogens with zero attached hydrogens (tertiary/aromatic N) is 1. The molecule has 5 aliphatic carbocycles. The lowest BCUT2D eigenvalue weighted by Crippen LogP contribution is -2.76. The number of aromatic nitrogens is 2. The molecule has 2 bridgehead atoms. The van der Waals surface area contributed by atoms with Gasteiger partial charge in [-0.15, -0.1) is 0 Å². The van der Waals surface area contributed by atoms with Crippen LogP contribution in [-0.2, 0) is 14.3 Å². The van der Waals surface area contributed by atoms with E-state index < -0.39 is 23.5 Å². The fourth-order valence-electron chi connectivity index (χ4n) is 5.75. The van der Waals surface area contributed by atoms with Crippen molar-refractivity contribution in [1.82, 2.24) is 15.5 Å². The minimum absolute atomic E-state index is 0.0143. The van der Waals surface area contributed by atoms with Gasteiger partial charge in [0.15, 0.2) is 5.82 Å². The maximum absolute atomic E-state index is 12.9. The van der Waals surface area contributed by atoms with Crippen LogP contribution in [0.25, 0.3) is 0 Å². The highest BCUT2D eigenvalue weighted by atomic mass is 19.3. The van der Waals surface area contributed by atoms with E-state index in [-0.39, 0.29) is 29.8 Å². The van der Waals surface area contributed by atoms with E-state index in [0.717, 1.165) is 25.0 Å². The molecule has 0 radical (unpaired) electrons. The van der Waals surface area contributed by atoms with Crippen LogP contribution in [0.15, 0.2) is 6.07 Å².